The Morgan fingerprint density at radius 1 is 0.844 bits per heavy atom. The lowest BCUT2D eigenvalue weighted by Crippen LogP contribution is -2.44. The third kappa shape index (κ3) is 8.18. The lowest BCUT2D eigenvalue weighted by molar-refractivity contribution is -0.276. The van der Waals surface area contributed by atoms with Crippen LogP contribution in [0.1, 0.15) is 67.0 Å². The summed E-state index contributed by atoms with van der Waals surface area (Å²) in [7, 11) is 2.15. The fourth-order valence-corrected chi connectivity index (χ4v) is 5.89. The van der Waals surface area contributed by atoms with Gasteiger partial charge in [0.2, 0.25) is 0 Å². The van der Waals surface area contributed by atoms with Gasteiger partial charge in [0.15, 0.2) is 6.29 Å². The van der Waals surface area contributed by atoms with E-state index in [-0.39, 0.29) is 36.8 Å². The predicted octanol–water partition coefficient (Wildman–Crippen LogP) is 7.15. The van der Waals surface area contributed by atoms with Crippen LogP contribution in [0, 0.1) is 5.92 Å². The van der Waals surface area contributed by atoms with Crippen LogP contribution in [-0.4, -0.2) is 42.3 Å². The van der Waals surface area contributed by atoms with Gasteiger partial charge >= 0.3 is 6.03 Å². The van der Waals surface area contributed by atoms with Crippen molar-refractivity contribution in [3.63, 3.8) is 0 Å². The molecule has 2 amide bonds. The lowest BCUT2D eigenvalue weighted by atomic mass is 9.89. The first kappa shape index (κ1) is 32.4. The number of amides is 2. The number of nitrogens with one attached hydrogen (secondary N) is 2. The number of hydrogen-bond donors (Lipinski definition) is 3. The Kier molecular flexibility index (Phi) is 11.0. The second-order valence-corrected chi connectivity index (χ2v) is 11.9. The van der Waals surface area contributed by atoms with Crippen LogP contribution in [0.4, 0.5) is 4.79 Å². The number of urea groups is 1. The fraction of sp³-hybridized carbons (Fsp3) is 0.342. The zero-order valence-corrected chi connectivity index (χ0v) is 26.6. The van der Waals surface area contributed by atoms with E-state index in [0.717, 1.165) is 39.9 Å². The molecule has 5 unspecified atom stereocenters. The molecule has 3 N–H and O–H groups in total. The average molecular weight is 608 g/mol. The normalized spacial score (nSPS) is 20.5. The molecule has 0 radical (unpaired) electrons. The predicted molar refractivity (Wildman–Crippen MR) is 178 cm³/mol. The maximum Gasteiger partial charge on any atom is 0.315 e. The van der Waals surface area contributed by atoms with Gasteiger partial charge in [0.25, 0.3) is 0 Å². The second kappa shape index (κ2) is 15.3. The van der Waals surface area contributed by atoms with Crippen molar-refractivity contribution in [3.8, 4) is 11.1 Å². The molecule has 0 aliphatic carbocycles. The summed E-state index contributed by atoms with van der Waals surface area (Å²) in [6.45, 7) is 8.10. The summed E-state index contributed by atoms with van der Waals surface area (Å²) < 4.78 is 13.5. The number of likely N-dealkylation sites (N-methyl/N-ethyl adjacent to an activating group) is 1. The molecule has 5 atom stereocenters. The van der Waals surface area contributed by atoms with E-state index < -0.39 is 6.29 Å². The van der Waals surface area contributed by atoms with E-state index >= 15 is 0 Å². The molecule has 5 rings (SSSR count). The van der Waals surface area contributed by atoms with E-state index in [4.69, 9.17) is 9.47 Å². The molecule has 4 aromatic carbocycles. The zero-order chi connectivity index (χ0) is 31.8. The van der Waals surface area contributed by atoms with Crippen molar-refractivity contribution < 1.29 is 19.4 Å². The van der Waals surface area contributed by atoms with Crippen LogP contribution < -0.4 is 10.6 Å². The monoisotopic (exact) mass is 607 g/mol. The van der Waals surface area contributed by atoms with Crippen molar-refractivity contribution in [2.75, 3.05) is 20.1 Å². The Morgan fingerprint density at radius 3 is 2.27 bits per heavy atom. The second-order valence-electron chi connectivity index (χ2n) is 11.9. The van der Waals surface area contributed by atoms with E-state index in [0.29, 0.717) is 13.1 Å². The van der Waals surface area contributed by atoms with Gasteiger partial charge in [-0.3, -0.25) is 4.90 Å². The Hall–Kier alpha value is -4.01. The van der Waals surface area contributed by atoms with Crippen LogP contribution in [-0.2, 0) is 22.6 Å². The van der Waals surface area contributed by atoms with Crippen molar-refractivity contribution in [1.82, 2.24) is 15.5 Å². The summed E-state index contributed by atoms with van der Waals surface area (Å²) in [6.07, 6.45) is -0.833. The van der Waals surface area contributed by atoms with Crippen molar-refractivity contribution in [2.45, 2.75) is 58.5 Å². The third-order valence-corrected chi connectivity index (χ3v) is 8.74. The van der Waals surface area contributed by atoms with E-state index in [9.17, 15) is 9.90 Å². The number of rotatable bonds is 11. The van der Waals surface area contributed by atoms with E-state index in [1.165, 1.54) is 5.56 Å². The number of hydrogen-bond acceptors (Lipinski definition) is 5. The first-order chi connectivity index (χ1) is 21.9. The summed E-state index contributed by atoms with van der Waals surface area (Å²) in [4.78, 5) is 14.3. The van der Waals surface area contributed by atoms with E-state index in [1.807, 2.05) is 43.3 Å². The number of ether oxygens (including phenoxy) is 2. The van der Waals surface area contributed by atoms with Crippen molar-refractivity contribution in [3.05, 3.63) is 131 Å². The highest BCUT2D eigenvalue weighted by Gasteiger charge is 2.39. The summed E-state index contributed by atoms with van der Waals surface area (Å²) in [5.41, 5.74) is 7.28. The van der Waals surface area contributed by atoms with Crippen molar-refractivity contribution >= 4 is 6.03 Å². The highest BCUT2D eigenvalue weighted by Crippen LogP contribution is 2.42. The quantitative estimate of drug-likeness (QED) is 0.169. The lowest BCUT2D eigenvalue weighted by Gasteiger charge is -2.43. The number of aliphatic hydroxyl groups is 1. The van der Waals surface area contributed by atoms with Crippen LogP contribution >= 0.6 is 0 Å². The van der Waals surface area contributed by atoms with Crippen LogP contribution in [0.3, 0.4) is 0 Å². The van der Waals surface area contributed by atoms with Gasteiger partial charge in [-0.15, -0.1) is 0 Å². The van der Waals surface area contributed by atoms with Crippen LogP contribution in [0.25, 0.3) is 11.1 Å². The van der Waals surface area contributed by atoms with Crippen LogP contribution in [0.2, 0.25) is 0 Å². The molecule has 45 heavy (non-hydrogen) atoms. The largest absolute Gasteiger partial charge is 0.392 e. The van der Waals surface area contributed by atoms with Gasteiger partial charge in [-0.25, -0.2) is 4.79 Å². The van der Waals surface area contributed by atoms with Gasteiger partial charge in [0.05, 0.1) is 18.8 Å². The zero-order valence-electron chi connectivity index (χ0n) is 26.6. The maximum absolute atomic E-state index is 11.9. The smallest absolute Gasteiger partial charge is 0.315 e. The highest BCUT2D eigenvalue weighted by molar-refractivity contribution is 5.74. The molecule has 1 aliphatic heterocycles. The van der Waals surface area contributed by atoms with Gasteiger partial charge in [-0.05, 0) is 66.4 Å². The Bertz CT molecular complexity index is 1530. The van der Waals surface area contributed by atoms with Crippen LogP contribution in [0.5, 0.6) is 0 Å². The molecule has 0 bridgehead atoms. The van der Waals surface area contributed by atoms with Gasteiger partial charge in [-0.2, -0.15) is 0 Å². The Morgan fingerprint density at radius 2 is 1.56 bits per heavy atom. The van der Waals surface area contributed by atoms with Crippen LogP contribution in [0.15, 0.2) is 103 Å². The first-order valence-electron chi connectivity index (χ1n) is 15.8. The highest BCUT2D eigenvalue weighted by atomic mass is 16.7. The molecule has 1 saturated heterocycles. The SMILES string of the molecule is CCNC(=O)NCc1cccc(-c2cccc(C3OC(CN(C)C(C)c4ccccc4)C(C)C(c4ccc(CO)cc4)O3)c2)c1. The standard InChI is InChI=1S/C38H45N3O4/c1-5-39-38(43)40-23-29-11-9-14-32(21-29)33-15-10-16-34(22-33)37-44-35(24-41(4)27(3)30-12-7-6-8-13-30)26(2)36(45-37)31-19-17-28(25-42)18-20-31/h6-22,26-27,35-37,42H,5,23-25H2,1-4H3,(H2,39,40,43). The third-order valence-electron chi connectivity index (χ3n) is 8.74. The number of benzene rings is 4. The van der Waals surface area contributed by atoms with Gasteiger partial charge in [-0.1, -0.05) is 97.9 Å². The topological polar surface area (TPSA) is 83.1 Å². The summed E-state index contributed by atoms with van der Waals surface area (Å²) in [5, 5.41) is 15.3. The molecular weight excluding hydrogens is 562 g/mol. The maximum atomic E-state index is 11.9. The molecule has 7 heteroatoms. The Balaban J connectivity index is 1.40. The van der Waals surface area contributed by atoms with E-state index in [1.54, 1.807) is 0 Å². The minimum Gasteiger partial charge on any atom is -0.392 e. The molecule has 1 fully saturated rings. The summed E-state index contributed by atoms with van der Waals surface area (Å²) >= 11 is 0. The molecular formula is C38H45N3O4. The van der Waals surface area contributed by atoms with Gasteiger partial charge < -0.3 is 25.2 Å². The molecule has 7 nitrogen and oxygen atoms in total. The van der Waals surface area contributed by atoms with Gasteiger partial charge in [0.1, 0.15) is 0 Å². The minimum absolute atomic E-state index is 0.00782. The molecule has 1 heterocycles. The molecule has 4 aromatic rings. The molecule has 236 valence electrons. The number of carbonyl (C=O) groups is 1. The van der Waals surface area contributed by atoms with Crippen molar-refractivity contribution in [2.24, 2.45) is 5.92 Å². The number of nitrogens with zero attached hydrogens (tertiary/aromatic N) is 1. The first-order valence-corrected chi connectivity index (χ1v) is 15.8. The molecule has 0 aromatic heterocycles. The Labute approximate surface area is 267 Å². The summed E-state index contributed by atoms with van der Waals surface area (Å²) in [5.74, 6) is 0.0870. The molecule has 0 saturated carbocycles. The number of aliphatic hydroxyl groups excluding tert-OH is 1. The minimum atomic E-state index is -0.559. The summed E-state index contributed by atoms with van der Waals surface area (Å²) in [6, 6.07) is 35.1. The molecule has 1 aliphatic rings. The van der Waals surface area contributed by atoms with Gasteiger partial charge in [0, 0.05) is 37.2 Å². The fourth-order valence-electron chi connectivity index (χ4n) is 5.89. The number of carbonyl (C=O) groups excluding carboxylic acids is 1. The van der Waals surface area contributed by atoms with E-state index in [2.05, 4.69) is 103 Å². The average Bonchev–Trinajstić information content (AvgIpc) is 3.08. The van der Waals surface area contributed by atoms with Crippen molar-refractivity contribution in [1.29, 1.82) is 0 Å². The molecule has 0 spiro atoms.